The van der Waals surface area contributed by atoms with E-state index in [1.54, 1.807) is 40.8 Å². The molecule has 242 valence electrons. The van der Waals surface area contributed by atoms with Gasteiger partial charge in [-0.15, -0.1) is 0 Å². The fourth-order valence-electron chi connectivity index (χ4n) is 6.40. The van der Waals surface area contributed by atoms with E-state index in [1.165, 1.54) is 12.2 Å². The molecule has 6 rings (SSSR count). The van der Waals surface area contributed by atoms with Crippen LogP contribution in [0.3, 0.4) is 0 Å². The first-order valence-electron chi connectivity index (χ1n) is 15.4. The molecule has 4 aromatic rings. The lowest BCUT2D eigenvalue weighted by atomic mass is 10.1. The third kappa shape index (κ3) is 5.78. The lowest BCUT2D eigenvalue weighted by Crippen LogP contribution is -2.44. The Kier molecular flexibility index (Phi) is 8.66. The summed E-state index contributed by atoms with van der Waals surface area (Å²) in [4.78, 5) is 54.7. The highest BCUT2D eigenvalue weighted by Gasteiger charge is 2.33. The molecule has 2 amide bonds. The normalized spacial score (nSPS) is 15.7. The topological polar surface area (TPSA) is 122 Å². The summed E-state index contributed by atoms with van der Waals surface area (Å²) in [6.45, 7) is 11.2. The van der Waals surface area contributed by atoms with Crippen LogP contribution in [0.1, 0.15) is 23.6 Å². The number of nitrogens with one attached hydrogen (secondary N) is 1. The summed E-state index contributed by atoms with van der Waals surface area (Å²) >= 11 is 0. The molecular formula is C35H37N7O5. The highest BCUT2D eigenvalue weighted by Crippen LogP contribution is 2.40. The van der Waals surface area contributed by atoms with Gasteiger partial charge in [0.05, 0.1) is 31.6 Å². The largest absolute Gasteiger partial charge is 0.497 e. The van der Waals surface area contributed by atoms with Gasteiger partial charge in [-0.2, -0.15) is 4.98 Å². The van der Waals surface area contributed by atoms with Gasteiger partial charge >= 0.3 is 0 Å². The molecule has 2 aromatic carbocycles. The molecule has 2 aromatic heterocycles. The number of hydrogen-bond acceptors (Lipinski definition) is 9. The van der Waals surface area contributed by atoms with Gasteiger partial charge in [0.2, 0.25) is 11.9 Å². The van der Waals surface area contributed by atoms with Crippen LogP contribution in [0.15, 0.2) is 78.8 Å². The molecule has 2 aliphatic heterocycles. The van der Waals surface area contributed by atoms with E-state index in [0.717, 1.165) is 22.5 Å². The van der Waals surface area contributed by atoms with Crippen LogP contribution in [0.25, 0.3) is 11.0 Å². The average molecular weight is 636 g/mol. The van der Waals surface area contributed by atoms with E-state index in [4.69, 9.17) is 14.5 Å². The molecule has 0 bridgehead atoms. The molecule has 0 saturated carbocycles. The maximum absolute atomic E-state index is 14.6. The van der Waals surface area contributed by atoms with Crippen LogP contribution in [0.4, 0.5) is 23.0 Å². The minimum atomic E-state index is -0.320. The van der Waals surface area contributed by atoms with Crippen LogP contribution in [0, 0.1) is 6.92 Å². The first-order chi connectivity index (χ1) is 22.8. The lowest BCUT2D eigenvalue weighted by molar-refractivity contribution is -0.125. The number of pyridine rings is 1. The maximum atomic E-state index is 14.6. The number of anilines is 4. The van der Waals surface area contributed by atoms with Gasteiger partial charge in [0.15, 0.2) is 0 Å². The highest BCUT2D eigenvalue weighted by atomic mass is 16.5. The van der Waals surface area contributed by atoms with Crippen molar-refractivity contribution >= 4 is 45.9 Å². The van der Waals surface area contributed by atoms with Crippen molar-refractivity contribution in [1.82, 2.24) is 19.4 Å². The minimum Gasteiger partial charge on any atom is -0.497 e. The van der Waals surface area contributed by atoms with Crippen LogP contribution < -0.4 is 30.1 Å². The SMILES string of the molecule is C=CC(=O)N1CC[C@H](n2c(=O)c(N3CCN(C(=O)C=C)c4c(C)cccc43)cc3cnc(NCc4ccc(OC)cc4OC)nc32)C1. The van der Waals surface area contributed by atoms with Crippen molar-refractivity contribution in [1.29, 1.82) is 0 Å². The molecule has 1 fully saturated rings. The molecule has 1 N–H and O–H groups in total. The minimum absolute atomic E-state index is 0.182. The number of aryl methyl sites for hydroxylation is 1. The Balaban J connectivity index is 1.44. The van der Waals surface area contributed by atoms with E-state index in [1.807, 2.05) is 48.2 Å². The number of nitrogens with zero attached hydrogens (tertiary/aromatic N) is 6. The smallest absolute Gasteiger partial charge is 0.276 e. The van der Waals surface area contributed by atoms with Gasteiger partial charge in [-0.05, 0) is 55.3 Å². The lowest BCUT2D eigenvalue weighted by Gasteiger charge is -2.38. The van der Waals surface area contributed by atoms with Gasteiger partial charge in [-0.1, -0.05) is 25.3 Å². The number of carbonyl (C=O) groups is 2. The van der Waals surface area contributed by atoms with E-state index < -0.39 is 0 Å². The van der Waals surface area contributed by atoms with E-state index in [2.05, 4.69) is 23.5 Å². The zero-order valence-electron chi connectivity index (χ0n) is 26.7. The number of benzene rings is 2. The molecule has 12 nitrogen and oxygen atoms in total. The second kappa shape index (κ2) is 13.0. The second-order valence-electron chi connectivity index (χ2n) is 11.4. The molecular weight excluding hydrogens is 598 g/mol. The molecule has 0 radical (unpaired) electrons. The quantitative estimate of drug-likeness (QED) is 0.268. The number of fused-ring (bicyclic) bond motifs is 2. The summed E-state index contributed by atoms with van der Waals surface area (Å²) in [6, 6.07) is 12.8. The van der Waals surface area contributed by atoms with Crippen LogP contribution in [0.5, 0.6) is 11.5 Å². The van der Waals surface area contributed by atoms with Crippen molar-refractivity contribution < 1.29 is 19.1 Å². The van der Waals surface area contributed by atoms with Crippen LogP contribution in [-0.2, 0) is 16.1 Å². The first-order valence-corrected chi connectivity index (χ1v) is 15.4. The number of aromatic nitrogens is 3. The first kappa shape index (κ1) is 31.3. The van der Waals surface area contributed by atoms with E-state index >= 15 is 0 Å². The monoisotopic (exact) mass is 635 g/mol. The van der Waals surface area contributed by atoms with Crippen LogP contribution >= 0.6 is 0 Å². The summed E-state index contributed by atoms with van der Waals surface area (Å²) in [5, 5.41) is 3.93. The Labute approximate surface area is 272 Å². The number of para-hydroxylation sites is 1. The third-order valence-corrected chi connectivity index (χ3v) is 8.76. The number of carbonyl (C=O) groups excluding carboxylic acids is 2. The van der Waals surface area contributed by atoms with Gasteiger partial charge in [0.25, 0.3) is 11.5 Å². The van der Waals surface area contributed by atoms with Gasteiger partial charge in [-0.3, -0.25) is 19.0 Å². The van der Waals surface area contributed by atoms with Crippen molar-refractivity contribution in [3.63, 3.8) is 0 Å². The number of methoxy groups -OCH3 is 2. The summed E-state index contributed by atoms with van der Waals surface area (Å²) in [7, 11) is 3.20. The number of likely N-dealkylation sites (tertiary alicyclic amines) is 1. The van der Waals surface area contributed by atoms with E-state index in [-0.39, 0.29) is 23.4 Å². The summed E-state index contributed by atoms with van der Waals surface area (Å²) in [5.74, 6) is 1.29. The molecule has 0 unspecified atom stereocenters. The zero-order valence-corrected chi connectivity index (χ0v) is 26.7. The van der Waals surface area contributed by atoms with Gasteiger partial charge in [-0.25, -0.2) is 4.98 Å². The molecule has 47 heavy (non-hydrogen) atoms. The van der Waals surface area contributed by atoms with Gasteiger partial charge in [0.1, 0.15) is 22.8 Å². The van der Waals surface area contributed by atoms with Crippen LogP contribution in [-0.4, -0.2) is 71.6 Å². The maximum Gasteiger partial charge on any atom is 0.276 e. The Bertz CT molecular complexity index is 1960. The summed E-state index contributed by atoms with van der Waals surface area (Å²) in [5.41, 5.74) is 3.93. The third-order valence-electron chi connectivity index (χ3n) is 8.76. The van der Waals surface area contributed by atoms with E-state index in [0.29, 0.717) is 73.3 Å². The molecule has 1 atom stereocenters. The molecule has 0 aliphatic carbocycles. The van der Waals surface area contributed by atoms with Crippen molar-refractivity contribution in [2.24, 2.45) is 0 Å². The van der Waals surface area contributed by atoms with Crippen molar-refractivity contribution in [3.05, 3.63) is 95.5 Å². The number of rotatable bonds is 9. The van der Waals surface area contributed by atoms with Crippen molar-refractivity contribution in [2.75, 3.05) is 55.5 Å². The molecule has 2 aliphatic rings. The van der Waals surface area contributed by atoms with Gasteiger partial charge < -0.3 is 29.5 Å². The number of amides is 2. The molecule has 4 heterocycles. The average Bonchev–Trinajstić information content (AvgIpc) is 3.59. The molecule has 12 heteroatoms. The fraction of sp³-hybridized carbons (Fsp3) is 0.286. The standard InChI is InChI=1S/C35H37N7O5/c1-6-30(43)39-14-13-25(21-39)42-33-24(20-37-35(38-33)36-19-23-11-12-26(46-4)18-29(23)47-5)17-28(34(42)45)40-15-16-41(31(44)7-2)32-22(3)9-8-10-27(32)40/h6-12,17-18,20,25H,1-2,13-16,19,21H2,3-5H3,(H,36,37,38)/t25-/m0/s1. The highest BCUT2D eigenvalue weighted by molar-refractivity contribution is 6.05. The Morgan fingerprint density at radius 3 is 2.57 bits per heavy atom. The summed E-state index contributed by atoms with van der Waals surface area (Å²) in [6.07, 6.45) is 4.87. The molecule has 0 spiro atoms. The Morgan fingerprint density at radius 2 is 1.83 bits per heavy atom. The predicted octanol–water partition coefficient (Wildman–Crippen LogP) is 4.36. The molecule has 1 saturated heterocycles. The number of ether oxygens (including phenoxy) is 2. The summed E-state index contributed by atoms with van der Waals surface area (Å²) < 4.78 is 12.5. The van der Waals surface area contributed by atoms with Gasteiger partial charge in [0, 0.05) is 55.9 Å². The van der Waals surface area contributed by atoms with Crippen molar-refractivity contribution in [3.8, 4) is 11.5 Å². The van der Waals surface area contributed by atoms with Crippen LogP contribution in [0.2, 0.25) is 0 Å². The van der Waals surface area contributed by atoms with Crippen molar-refractivity contribution in [2.45, 2.75) is 25.9 Å². The fourth-order valence-corrected chi connectivity index (χ4v) is 6.40. The Hall–Kier alpha value is -5.65. The zero-order chi connectivity index (χ0) is 33.2. The second-order valence-corrected chi connectivity index (χ2v) is 11.4. The van der Waals surface area contributed by atoms with E-state index in [9.17, 15) is 14.4 Å². The number of hydrogen-bond donors (Lipinski definition) is 1. The Morgan fingerprint density at radius 1 is 1.02 bits per heavy atom. The predicted molar refractivity (Wildman–Crippen MR) is 182 cm³/mol.